The smallest absolute Gasteiger partial charge is 0.395 e. The molecule has 2 aromatic carbocycles. The molecule has 0 atom stereocenters. The van der Waals surface area contributed by atoms with E-state index >= 15 is 0 Å². The zero-order valence-electron chi connectivity index (χ0n) is 12.5. The van der Waals surface area contributed by atoms with Gasteiger partial charge in [0.2, 0.25) is 0 Å². The Labute approximate surface area is 141 Å². The first-order valence-electron chi connectivity index (χ1n) is 6.88. The fourth-order valence-corrected chi connectivity index (χ4v) is 2.14. The third-order valence-electron chi connectivity index (χ3n) is 3.19. The van der Waals surface area contributed by atoms with Crippen molar-refractivity contribution in [1.29, 1.82) is 0 Å². The van der Waals surface area contributed by atoms with E-state index in [0.717, 1.165) is 18.2 Å². The molecule has 0 radical (unpaired) electrons. The first-order chi connectivity index (χ1) is 12.0. The Bertz CT molecular complexity index is 869. The van der Waals surface area contributed by atoms with Crippen molar-refractivity contribution >= 4 is 17.4 Å². The van der Waals surface area contributed by atoms with Gasteiger partial charge in [0, 0.05) is 17.4 Å². The van der Waals surface area contributed by atoms with Crippen molar-refractivity contribution in [3.8, 4) is 11.5 Å². The number of carbonyl (C=O) groups is 1. The number of hydrogen-bond acceptors (Lipinski definition) is 3. The summed E-state index contributed by atoms with van der Waals surface area (Å²) in [6, 6.07) is 4.32. The highest BCUT2D eigenvalue weighted by molar-refractivity contribution is 6.00. The van der Waals surface area contributed by atoms with Gasteiger partial charge in [-0.3, -0.25) is 0 Å². The Kier molecular flexibility index (Phi) is 4.09. The number of rotatable bonds is 2. The summed E-state index contributed by atoms with van der Waals surface area (Å²) in [6.45, 7) is 0. The quantitative estimate of drug-likeness (QED) is 0.738. The second-order valence-corrected chi connectivity index (χ2v) is 5.10. The van der Waals surface area contributed by atoms with Gasteiger partial charge in [0.1, 0.15) is 5.82 Å². The fraction of sp³-hybridized carbons (Fsp3) is 0.133. The second kappa shape index (κ2) is 6.00. The van der Waals surface area contributed by atoms with Gasteiger partial charge in [-0.25, -0.2) is 9.18 Å². The Morgan fingerprint density at radius 1 is 0.923 bits per heavy atom. The van der Waals surface area contributed by atoms with Gasteiger partial charge in [0.15, 0.2) is 11.5 Å². The maximum atomic E-state index is 13.2. The van der Waals surface area contributed by atoms with Crippen LogP contribution in [0.5, 0.6) is 11.5 Å². The topological polar surface area (TPSA) is 59.6 Å². The number of fused-ring (bicyclic) bond motifs is 1. The molecule has 0 spiro atoms. The van der Waals surface area contributed by atoms with Crippen LogP contribution in [-0.2, 0) is 6.18 Å². The highest BCUT2D eigenvalue weighted by atomic mass is 19.4. The molecule has 0 unspecified atom stereocenters. The van der Waals surface area contributed by atoms with Gasteiger partial charge >= 0.3 is 18.5 Å². The number of hydrogen-bond donors (Lipinski definition) is 2. The van der Waals surface area contributed by atoms with Crippen molar-refractivity contribution in [3.63, 3.8) is 0 Å². The van der Waals surface area contributed by atoms with Crippen LogP contribution < -0.4 is 20.1 Å². The average molecular weight is 378 g/mol. The first kappa shape index (κ1) is 17.7. The van der Waals surface area contributed by atoms with Crippen LogP contribution in [0.3, 0.4) is 0 Å². The molecule has 2 N–H and O–H groups in total. The van der Waals surface area contributed by atoms with Crippen LogP contribution in [-0.4, -0.2) is 12.3 Å². The number of anilines is 2. The number of ether oxygens (including phenoxy) is 2. The molecule has 0 aromatic heterocycles. The van der Waals surface area contributed by atoms with E-state index in [1.807, 2.05) is 0 Å². The molecule has 138 valence electrons. The minimum absolute atomic E-state index is 0.0145. The van der Waals surface area contributed by atoms with Gasteiger partial charge < -0.3 is 20.1 Å². The molecule has 0 saturated carbocycles. The SMILES string of the molecule is O=C(Nc1ccc2c(c1)OC(F)(F)O2)Nc1ccc(F)c(C(F)(F)F)c1. The number of urea groups is 1. The Balaban J connectivity index is 1.71. The molecule has 0 bridgehead atoms. The maximum Gasteiger partial charge on any atom is 0.586 e. The molecule has 0 saturated heterocycles. The Morgan fingerprint density at radius 2 is 1.50 bits per heavy atom. The van der Waals surface area contributed by atoms with E-state index in [0.29, 0.717) is 12.1 Å². The Hall–Kier alpha value is -3.11. The molecular weight excluding hydrogens is 370 g/mol. The van der Waals surface area contributed by atoms with Crippen LogP contribution in [0.4, 0.5) is 42.5 Å². The van der Waals surface area contributed by atoms with Crippen LogP contribution in [0, 0.1) is 5.82 Å². The van der Waals surface area contributed by atoms with Gasteiger partial charge in [0.05, 0.1) is 5.56 Å². The van der Waals surface area contributed by atoms with E-state index in [4.69, 9.17) is 0 Å². The molecule has 26 heavy (non-hydrogen) atoms. The van der Waals surface area contributed by atoms with Crippen LogP contribution in [0.15, 0.2) is 36.4 Å². The molecule has 1 heterocycles. The molecule has 0 aliphatic carbocycles. The average Bonchev–Trinajstić information content (AvgIpc) is 2.81. The minimum Gasteiger partial charge on any atom is -0.395 e. The molecule has 0 fully saturated rings. The van der Waals surface area contributed by atoms with Gasteiger partial charge in [-0.1, -0.05) is 0 Å². The maximum absolute atomic E-state index is 13.2. The predicted octanol–water partition coefficient (Wildman–Crippen LogP) is 4.81. The van der Waals surface area contributed by atoms with Gasteiger partial charge in [-0.15, -0.1) is 8.78 Å². The molecule has 11 heteroatoms. The summed E-state index contributed by atoms with van der Waals surface area (Å²) in [7, 11) is 0. The number of carbonyl (C=O) groups excluding carboxylic acids is 1. The third kappa shape index (κ3) is 3.76. The normalized spacial score (nSPS) is 14.8. The predicted molar refractivity (Wildman–Crippen MR) is 76.7 cm³/mol. The van der Waals surface area contributed by atoms with Crippen molar-refractivity contribution in [2.24, 2.45) is 0 Å². The summed E-state index contributed by atoms with van der Waals surface area (Å²) in [5, 5.41) is 4.29. The van der Waals surface area contributed by atoms with Crippen molar-refractivity contribution in [3.05, 3.63) is 47.8 Å². The molecule has 2 aromatic rings. The number of nitrogens with one attached hydrogen (secondary N) is 2. The van der Waals surface area contributed by atoms with Crippen molar-refractivity contribution in [1.82, 2.24) is 0 Å². The van der Waals surface area contributed by atoms with Crippen molar-refractivity contribution in [2.45, 2.75) is 12.5 Å². The van der Waals surface area contributed by atoms with Crippen LogP contribution in [0.25, 0.3) is 0 Å². The number of alkyl halides is 5. The lowest BCUT2D eigenvalue weighted by molar-refractivity contribution is -0.286. The molecule has 5 nitrogen and oxygen atoms in total. The van der Waals surface area contributed by atoms with Gasteiger partial charge in [-0.2, -0.15) is 13.2 Å². The Morgan fingerprint density at radius 3 is 2.15 bits per heavy atom. The number of benzene rings is 2. The number of halogens is 6. The first-order valence-corrected chi connectivity index (χ1v) is 6.88. The van der Waals surface area contributed by atoms with Crippen molar-refractivity contribution in [2.75, 3.05) is 10.6 Å². The highest BCUT2D eigenvalue weighted by Gasteiger charge is 2.43. The minimum atomic E-state index is -4.93. The van der Waals surface area contributed by atoms with E-state index in [-0.39, 0.29) is 22.9 Å². The molecule has 1 aliphatic rings. The van der Waals surface area contributed by atoms with Gasteiger partial charge in [0.25, 0.3) is 0 Å². The summed E-state index contributed by atoms with van der Waals surface area (Å²) in [6.07, 6.45) is -8.76. The van der Waals surface area contributed by atoms with Crippen molar-refractivity contribution < 1.29 is 40.6 Å². The zero-order valence-corrected chi connectivity index (χ0v) is 12.5. The van der Waals surface area contributed by atoms with E-state index in [1.54, 1.807) is 0 Å². The standard InChI is InChI=1S/C15H8F6N2O3/c16-10-3-1-7(5-9(10)14(17,18)19)22-13(24)23-8-2-4-11-12(6-8)26-15(20,21)25-11/h1-6H,(H2,22,23,24). The molecule has 1 aliphatic heterocycles. The highest BCUT2D eigenvalue weighted by Crippen LogP contribution is 2.42. The van der Waals surface area contributed by atoms with Crippen LogP contribution in [0.2, 0.25) is 0 Å². The van der Waals surface area contributed by atoms with Gasteiger partial charge in [-0.05, 0) is 30.3 Å². The number of amides is 2. The lowest BCUT2D eigenvalue weighted by Gasteiger charge is -2.12. The third-order valence-corrected chi connectivity index (χ3v) is 3.19. The summed E-state index contributed by atoms with van der Waals surface area (Å²) >= 11 is 0. The lowest BCUT2D eigenvalue weighted by atomic mass is 10.2. The second-order valence-electron chi connectivity index (χ2n) is 5.10. The largest absolute Gasteiger partial charge is 0.586 e. The molecule has 2 amide bonds. The van der Waals surface area contributed by atoms with Crippen LogP contribution in [0.1, 0.15) is 5.56 Å². The summed E-state index contributed by atoms with van der Waals surface area (Å²) in [5.74, 6) is -2.05. The van der Waals surface area contributed by atoms with E-state index < -0.39 is 29.9 Å². The van der Waals surface area contributed by atoms with E-state index in [2.05, 4.69) is 20.1 Å². The molecular formula is C15H8F6N2O3. The lowest BCUT2D eigenvalue weighted by Crippen LogP contribution is -2.25. The summed E-state index contributed by atoms with van der Waals surface area (Å²) in [5.41, 5.74) is -1.84. The zero-order chi connectivity index (χ0) is 19.1. The summed E-state index contributed by atoms with van der Waals surface area (Å²) < 4.78 is 85.4. The monoisotopic (exact) mass is 378 g/mol. The molecule has 3 rings (SSSR count). The fourth-order valence-electron chi connectivity index (χ4n) is 2.14. The van der Waals surface area contributed by atoms with E-state index in [9.17, 15) is 31.1 Å². The van der Waals surface area contributed by atoms with Crippen LogP contribution >= 0.6 is 0 Å². The summed E-state index contributed by atoms with van der Waals surface area (Å²) in [4.78, 5) is 11.8. The van der Waals surface area contributed by atoms with E-state index in [1.165, 1.54) is 6.07 Å².